The van der Waals surface area contributed by atoms with Crippen molar-refractivity contribution in [1.29, 1.82) is 0 Å². The Morgan fingerprint density at radius 1 is 1.21 bits per heavy atom. The van der Waals surface area contributed by atoms with E-state index in [0.717, 1.165) is 30.3 Å². The van der Waals surface area contributed by atoms with Gasteiger partial charge >= 0.3 is 0 Å². The minimum Gasteiger partial charge on any atom is -0.461 e. The van der Waals surface area contributed by atoms with Crippen LogP contribution in [0.15, 0.2) is 53.0 Å². The zero-order valence-electron chi connectivity index (χ0n) is 14.0. The number of amides is 1. The second kappa shape index (κ2) is 6.31. The van der Waals surface area contributed by atoms with Crippen molar-refractivity contribution >= 4 is 12.0 Å². The molecule has 1 heterocycles. The number of furan rings is 1. The highest BCUT2D eigenvalue weighted by atomic mass is 16.3. The van der Waals surface area contributed by atoms with E-state index >= 15 is 0 Å². The monoisotopic (exact) mass is 321 g/mol. The predicted octanol–water partition coefficient (Wildman–Crippen LogP) is 4.61. The predicted molar refractivity (Wildman–Crippen MR) is 94.3 cm³/mol. The lowest BCUT2D eigenvalue weighted by molar-refractivity contribution is -0.127. The molecular weight excluding hydrogens is 298 g/mol. The van der Waals surface area contributed by atoms with Gasteiger partial charge in [0.2, 0.25) is 5.91 Å². The number of rotatable bonds is 6. The molecule has 2 aliphatic carbocycles. The van der Waals surface area contributed by atoms with Gasteiger partial charge < -0.3 is 9.32 Å². The maximum absolute atomic E-state index is 12.6. The third-order valence-electron chi connectivity index (χ3n) is 4.98. The van der Waals surface area contributed by atoms with E-state index in [1.165, 1.54) is 12.0 Å². The summed E-state index contributed by atoms with van der Waals surface area (Å²) in [5.74, 6) is 3.19. The highest BCUT2D eigenvalue weighted by molar-refractivity contribution is 5.91. The van der Waals surface area contributed by atoms with Gasteiger partial charge in [-0.25, -0.2) is 0 Å². The number of carbonyl (C=O) groups excluding carboxylic acids is 1. The minimum absolute atomic E-state index is 0.0686. The maximum atomic E-state index is 12.6. The van der Waals surface area contributed by atoms with Crippen LogP contribution < -0.4 is 0 Å². The molecule has 2 aromatic rings. The van der Waals surface area contributed by atoms with Crippen LogP contribution in [0.2, 0.25) is 0 Å². The Hall–Kier alpha value is -2.29. The molecular formula is C21H23NO2. The molecule has 4 rings (SSSR count). The third-order valence-corrected chi connectivity index (χ3v) is 4.98. The van der Waals surface area contributed by atoms with Gasteiger partial charge in [0.25, 0.3) is 0 Å². The first-order chi connectivity index (χ1) is 11.7. The lowest BCUT2D eigenvalue weighted by atomic mass is 10.2. The standard InChI is InChI=1S/C21H23NO2/c1-15-13-19(15)20-11-9-18(24-20)10-12-21(23)22(17-7-8-17)14-16-5-3-2-4-6-16/h2-6,9-12,15,17,19H,7-8,13-14H2,1H3/b12-10+/t15-,19+/m0/s1. The summed E-state index contributed by atoms with van der Waals surface area (Å²) in [6.45, 7) is 2.92. The number of nitrogens with zero attached hydrogens (tertiary/aromatic N) is 1. The van der Waals surface area contributed by atoms with Gasteiger partial charge in [-0.1, -0.05) is 37.3 Å². The van der Waals surface area contributed by atoms with Crippen LogP contribution >= 0.6 is 0 Å². The minimum atomic E-state index is 0.0686. The smallest absolute Gasteiger partial charge is 0.247 e. The highest BCUT2D eigenvalue weighted by Crippen LogP contribution is 2.47. The van der Waals surface area contributed by atoms with Gasteiger partial charge in [-0.05, 0) is 49.0 Å². The van der Waals surface area contributed by atoms with E-state index in [1.807, 2.05) is 35.2 Å². The van der Waals surface area contributed by atoms with E-state index < -0.39 is 0 Å². The molecule has 2 fully saturated rings. The van der Waals surface area contributed by atoms with Crippen LogP contribution in [-0.4, -0.2) is 16.8 Å². The van der Waals surface area contributed by atoms with Crippen LogP contribution in [0.1, 0.15) is 49.2 Å². The zero-order valence-corrected chi connectivity index (χ0v) is 14.0. The van der Waals surface area contributed by atoms with Crippen LogP contribution in [-0.2, 0) is 11.3 Å². The van der Waals surface area contributed by atoms with E-state index in [9.17, 15) is 4.79 Å². The summed E-state index contributed by atoms with van der Waals surface area (Å²) in [5, 5.41) is 0. The molecule has 3 heteroatoms. The van der Waals surface area contributed by atoms with E-state index in [0.29, 0.717) is 18.5 Å². The molecule has 0 bridgehead atoms. The quantitative estimate of drug-likeness (QED) is 0.728. The van der Waals surface area contributed by atoms with Gasteiger partial charge in [-0.2, -0.15) is 0 Å². The fraction of sp³-hybridized carbons (Fsp3) is 0.381. The van der Waals surface area contributed by atoms with Crippen LogP contribution in [0.5, 0.6) is 0 Å². The van der Waals surface area contributed by atoms with Gasteiger partial charge in [-0.15, -0.1) is 0 Å². The lowest BCUT2D eigenvalue weighted by Gasteiger charge is -2.20. The first-order valence-electron chi connectivity index (χ1n) is 8.83. The van der Waals surface area contributed by atoms with Crippen molar-refractivity contribution in [2.45, 2.75) is 44.7 Å². The van der Waals surface area contributed by atoms with Crippen molar-refractivity contribution in [2.75, 3.05) is 0 Å². The van der Waals surface area contributed by atoms with E-state index in [4.69, 9.17) is 4.42 Å². The molecule has 2 atom stereocenters. The Bertz CT molecular complexity index is 742. The third kappa shape index (κ3) is 3.45. The normalized spacial score (nSPS) is 22.7. The summed E-state index contributed by atoms with van der Waals surface area (Å²) in [7, 11) is 0. The molecule has 124 valence electrons. The number of hydrogen-bond donors (Lipinski definition) is 0. The molecule has 0 N–H and O–H groups in total. The van der Waals surface area contributed by atoms with Crippen LogP contribution in [0, 0.1) is 5.92 Å². The van der Waals surface area contributed by atoms with E-state index in [2.05, 4.69) is 19.1 Å². The van der Waals surface area contributed by atoms with Crippen molar-refractivity contribution in [3.05, 3.63) is 65.6 Å². The fourth-order valence-electron chi connectivity index (χ4n) is 3.18. The van der Waals surface area contributed by atoms with E-state index in [-0.39, 0.29) is 5.91 Å². The molecule has 0 radical (unpaired) electrons. The van der Waals surface area contributed by atoms with Gasteiger partial charge in [0.15, 0.2) is 0 Å². The summed E-state index contributed by atoms with van der Waals surface area (Å²) < 4.78 is 5.84. The summed E-state index contributed by atoms with van der Waals surface area (Å²) in [5.41, 5.74) is 1.18. The molecule has 0 unspecified atom stereocenters. The molecule has 2 saturated carbocycles. The lowest BCUT2D eigenvalue weighted by Crippen LogP contribution is -2.31. The topological polar surface area (TPSA) is 33.5 Å². The average Bonchev–Trinajstić information content (AvgIpc) is 3.51. The van der Waals surface area contributed by atoms with Gasteiger partial charge in [0.05, 0.1) is 0 Å². The number of benzene rings is 1. The SMILES string of the molecule is C[C@H]1C[C@H]1c1ccc(/C=C/C(=O)N(Cc2ccccc2)C2CC2)o1. The summed E-state index contributed by atoms with van der Waals surface area (Å²) in [6.07, 6.45) is 6.88. The maximum Gasteiger partial charge on any atom is 0.247 e. The van der Waals surface area contributed by atoms with Gasteiger partial charge in [0.1, 0.15) is 11.5 Å². The van der Waals surface area contributed by atoms with Crippen molar-refractivity contribution in [1.82, 2.24) is 4.90 Å². The number of hydrogen-bond acceptors (Lipinski definition) is 2. The highest BCUT2D eigenvalue weighted by Gasteiger charge is 2.36. The van der Waals surface area contributed by atoms with Gasteiger partial charge in [0, 0.05) is 24.6 Å². The number of carbonyl (C=O) groups is 1. The molecule has 1 aromatic carbocycles. The first-order valence-corrected chi connectivity index (χ1v) is 8.83. The van der Waals surface area contributed by atoms with Crippen LogP contribution in [0.3, 0.4) is 0 Å². The largest absolute Gasteiger partial charge is 0.461 e. The average molecular weight is 321 g/mol. The Balaban J connectivity index is 1.42. The Labute approximate surface area is 143 Å². The van der Waals surface area contributed by atoms with Crippen molar-refractivity contribution < 1.29 is 9.21 Å². The Morgan fingerprint density at radius 2 is 1.96 bits per heavy atom. The summed E-state index contributed by atoms with van der Waals surface area (Å²) >= 11 is 0. The Kier molecular flexibility index (Phi) is 4.01. The molecule has 2 aliphatic rings. The van der Waals surface area contributed by atoms with E-state index in [1.54, 1.807) is 12.2 Å². The van der Waals surface area contributed by atoms with Gasteiger partial charge in [-0.3, -0.25) is 4.79 Å². The first kappa shape index (κ1) is 15.3. The Morgan fingerprint density at radius 3 is 2.62 bits per heavy atom. The molecule has 0 aliphatic heterocycles. The van der Waals surface area contributed by atoms with Crippen molar-refractivity contribution in [3.63, 3.8) is 0 Å². The molecule has 0 spiro atoms. The van der Waals surface area contributed by atoms with Crippen LogP contribution in [0.4, 0.5) is 0 Å². The molecule has 1 amide bonds. The van der Waals surface area contributed by atoms with Crippen molar-refractivity contribution in [2.24, 2.45) is 5.92 Å². The molecule has 24 heavy (non-hydrogen) atoms. The van der Waals surface area contributed by atoms with Crippen molar-refractivity contribution in [3.8, 4) is 0 Å². The second-order valence-corrected chi connectivity index (χ2v) is 7.08. The van der Waals surface area contributed by atoms with Crippen LogP contribution in [0.25, 0.3) is 6.08 Å². The summed E-state index contributed by atoms with van der Waals surface area (Å²) in [6, 6.07) is 14.6. The molecule has 0 saturated heterocycles. The molecule has 3 nitrogen and oxygen atoms in total. The fourth-order valence-corrected chi connectivity index (χ4v) is 3.18. The second-order valence-electron chi connectivity index (χ2n) is 7.08. The zero-order chi connectivity index (χ0) is 16.5. The molecule has 1 aromatic heterocycles. The summed E-state index contributed by atoms with van der Waals surface area (Å²) in [4.78, 5) is 14.6.